The minimum absolute atomic E-state index is 0.180. The van der Waals surface area contributed by atoms with E-state index in [0.29, 0.717) is 22.6 Å². The van der Waals surface area contributed by atoms with E-state index in [2.05, 4.69) is 0 Å². The number of aryl methyl sites for hydroxylation is 1. The Morgan fingerprint density at radius 2 is 1.95 bits per heavy atom. The number of aromatic hydroxyl groups is 2. The first kappa shape index (κ1) is 15.4. The van der Waals surface area contributed by atoms with E-state index in [0.717, 1.165) is 11.8 Å². The van der Waals surface area contributed by atoms with Crippen molar-refractivity contribution in [2.75, 3.05) is 6.54 Å². The summed E-state index contributed by atoms with van der Waals surface area (Å²) >= 11 is 0.889. The first-order chi connectivity index (χ1) is 9.79. The minimum atomic E-state index is -0.316. The molecule has 0 bridgehead atoms. The Bertz CT molecular complexity index is 614. The van der Waals surface area contributed by atoms with Crippen molar-refractivity contribution < 1.29 is 19.8 Å². The van der Waals surface area contributed by atoms with Crippen LogP contribution in [0.5, 0.6) is 11.5 Å². The molecule has 1 aromatic rings. The molecular formula is C15H17NO4S. The number of nitrogens with zero attached hydrogens (tertiary/aromatic N) is 1. The van der Waals surface area contributed by atoms with Gasteiger partial charge in [0.25, 0.3) is 11.1 Å². The minimum Gasteiger partial charge on any atom is -0.504 e. The van der Waals surface area contributed by atoms with Crippen molar-refractivity contribution >= 4 is 29.0 Å². The number of amides is 2. The van der Waals surface area contributed by atoms with E-state index in [4.69, 9.17) is 0 Å². The molecule has 1 saturated heterocycles. The average molecular weight is 307 g/mol. The number of phenolic OH excluding ortho intramolecular Hbond substituents is 2. The second-order valence-electron chi connectivity index (χ2n) is 5.39. The van der Waals surface area contributed by atoms with Gasteiger partial charge in [0.1, 0.15) is 0 Å². The number of hydrogen-bond acceptors (Lipinski definition) is 5. The lowest BCUT2D eigenvalue weighted by atomic mass is 10.1. The lowest BCUT2D eigenvalue weighted by Crippen LogP contribution is -2.31. The Hall–Kier alpha value is -1.95. The zero-order chi connectivity index (χ0) is 15.7. The number of thioether (sulfide) groups is 1. The van der Waals surface area contributed by atoms with Crippen LogP contribution in [0.25, 0.3) is 6.08 Å². The normalized spacial score (nSPS) is 17.3. The van der Waals surface area contributed by atoms with E-state index in [1.807, 2.05) is 13.8 Å². The third-order valence-electron chi connectivity index (χ3n) is 3.02. The monoisotopic (exact) mass is 307 g/mol. The lowest BCUT2D eigenvalue weighted by molar-refractivity contribution is -0.123. The van der Waals surface area contributed by atoms with Crippen molar-refractivity contribution in [3.63, 3.8) is 0 Å². The van der Waals surface area contributed by atoms with Crippen molar-refractivity contribution in [1.29, 1.82) is 0 Å². The van der Waals surface area contributed by atoms with E-state index < -0.39 is 0 Å². The predicted molar refractivity (Wildman–Crippen MR) is 82.0 cm³/mol. The molecule has 6 heteroatoms. The highest BCUT2D eigenvalue weighted by Gasteiger charge is 2.35. The summed E-state index contributed by atoms with van der Waals surface area (Å²) in [6, 6.07) is 3.00. The first-order valence-electron chi connectivity index (χ1n) is 6.57. The van der Waals surface area contributed by atoms with Crippen molar-refractivity contribution in [2.24, 2.45) is 5.92 Å². The van der Waals surface area contributed by atoms with Gasteiger partial charge in [-0.3, -0.25) is 14.5 Å². The molecule has 0 saturated carbocycles. The third kappa shape index (κ3) is 3.21. The van der Waals surface area contributed by atoms with Gasteiger partial charge in [-0.15, -0.1) is 0 Å². The van der Waals surface area contributed by atoms with Gasteiger partial charge in [-0.05, 0) is 53.9 Å². The van der Waals surface area contributed by atoms with E-state index in [1.165, 1.54) is 11.0 Å². The van der Waals surface area contributed by atoms with E-state index in [-0.39, 0.29) is 28.6 Å². The summed E-state index contributed by atoms with van der Waals surface area (Å²) in [6.45, 7) is 5.92. The number of imide groups is 1. The van der Waals surface area contributed by atoms with Crippen molar-refractivity contribution in [3.05, 3.63) is 28.2 Å². The van der Waals surface area contributed by atoms with Crippen LogP contribution in [0, 0.1) is 12.8 Å². The fourth-order valence-electron chi connectivity index (χ4n) is 2.05. The van der Waals surface area contributed by atoms with Crippen LogP contribution in [0.1, 0.15) is 25.0 Å². The average Bonchev–Trinajstić information content (AvgIpc) is 2.63. The van der Waals surface area contributed by atoms with Gasteiger partial charge in [0.2, 0.25) is 0 Å². The molecule has 5 nitrogen and oxygen atoms in total. The number of rotatable bonds is 3. The molecule has 1 aliphatic rings. The first-order valence-corrected chi connectivity index (χ1v) is 7.39. The van der Waals surface area contributed by atoms with Crippen LogP contribution in [-0.2, 0) is 4.79 Å². The number of benzene rings is 1. The maximum absolute atomic E-state index is 12.2. The molecule has 0 radical (unpaired) electrons. The SMILES string of the molecule is Cc1cc(/C=C2\SC(=O)N(CC(C)C)C2=O)cc(O)c1O. The quantitative estimate of drug-likeness (QED) is 0.663. The van der Waals surface area contributed by atoms with Crippen molar-refractivity contribution in [2.45, 2.75) is 20.8 Å². The number of carbonyl (C=O) groups excluding carboxylic acids is 2. The fraction of sp³-hybridized carbons (Fsp3) is 0.333. The number of carbonyl (C=O) groups is 2. The van der Waals surface area contributed by atoms with Crippen molar-refractivity contribution in [1.82, 2.24) is 4.90 Å². The van der Waals surface area contributed by atoms with Gasteiger partial charge in [-0.1, -0.05) is 13.8 Å². The van der Waals surface area contributed by atoms with Crippen LogP contribution in [0.2, 0.25) is 0 Å². The zero-order valence-electron chi connectivity index (χ0n) is 12.1. The molecule has 1 aromatic carbocycles. The molecule has 0 spiro atoms. The number of hydrogen-bond donors (Lipinski definition) is 2. The highest BCUT2D eigenvalue weighted by Crippen LogP contribution is 2.35. The predicted octanol–water partition coefficient (Wildman–Crippen LogP) is 3.10. The van der Waals surface area contributed by atoms with Gasteiger partial charge in [0.05, 0.1) is 4.91 Å². The third-order valence-corrected chi connectivity index (χ3v) is 3.93. The lowest BCUT2D eigenvalue weighted by Gasteiger charge is -2.14. The van der Waals surface area contributed by atoms with Gasteiger partial charge in [0.15, 0.2) is 11.5 Å². The Balaban J connectivity index is 2.31. The van der Waals surface area contributed by atoms with Gasteiger partial charge in [-0.25, -0.2) is 0 Å². The molecule has 1 heterocycles. The summed E-state index contributed by atoms with van der Waals surface area (Å²) in [5.74, 6) is -0.538. The zero-order valence-corrected chi connectivity index (χ0v) is 12.9. The van der Waals surface area contributed by atoms with Gasteiger partial charge < -0.3 is 10.2 Å². The summed E-state index contributed by atoms with van der Waals surface area (Å²) in [7, 11) is 0. The standard InChI is InChI=1S/C15H17NO4S/c1-8(2)7-16-14(19)12(21-15(16)20)6-10-4-9(3)13(18)11(17)5-10/h4-6,8,17-18H,7H2,1-3H3/b12-6-. The smallest absolute Gasteiger partial charge is 0.293 e. The maximum atomic E-state index is 12.2. The Morgan fingerprint density at radius 3 is 2.52 bits per heavy atom. The van der Waals surface area contributed by atoms with Crippen LogP contribution in [0.4, 0.5) is 4.79 Å². The molecule has 21 heavy (non-hydrogen) atoms. The van der Waals surface area contributed by atoms with E-state index >= 15 is 0 Å². The van der Waals surface area contributed by atoms with Gasteiger partial charge >= 0.3 is 0 Å². The summed E-state index contributed by atoms with van der Waals surface area (Å²) in [5.41, 5.74) is 1.07. The van der Waals surface area contributed by atoms with Gasteiger partial charge in [-0.2, -0.15) is 0 Å². The molecule has 2 rings (SSSR count). The van der Waals surface area contributed by atoms with Crippen LogP contribution < -0.4 is 0 Å². The topological polar surface area (TPSA) is 77.8 Å². The van der Waals surface area contributed by atoms with Crippen LogP contribution in [-0.4, -0.2) is 32.8 Å². The molecule has 0 aliphatic carbocycles. The van der Waals surface area contributed by atoms with Crippen LogP contribution >= 0.6 is 11.8 Å². The summed E-state index contributed by atoms with van der Waals surface area (Å²) in [5, 5.41) is 18.8. The maximum Gasteiger partial charge on any atom is 0.293 e. The molecule has 2 amide bonds. The second kappa shape index (κ2) is 5.81. The molecule has 0 aromatic heterocycles. The van der Waals surface area contributed by atoms with Crippen molar-refractivity contribution in [3.8, 4) is 11.5 Å². The molecule has 1 aliphatic heterocycles. The highest BCUT2D eigenvalue weighted by atomic mass is 32.2. The Labute approximate surface area is 127 Å². The second-order valence-corrected chi connectivity index (χ2v) is 6.38. The summed E-state index contributed by atoms with van der Waals surface area (Å²) < 4.78 is 0. The summed E-state index contributed by atoms with van der Waals surface area (Å²) in [6.07, 6.45) is 1.55. The molecule has 2 N–H and O–H groups in total. The fourth-order valence-corrected chi connectivity index (χ4v) is 2.89. The van der Waals surface area contributed by atoms with Gasteiger partial charge in [0, 0.05) is 6.54 Å². The van der Waals surface area contributed by atoms with E-state index in [1.54, 1.807) is 19.1 Å². The Morgan fingerprint density at radius 1 is 1.29 bits per heavy atom. The number of phenols is 2. The van der Waals surface area contributed by atoms with E-state index in [9.17, 15) is 19.8 Å². The van der Waals surface area contributed by atoms with Crippen LogP contribution in [0.15, 0.2) is 17.0 Å². The van der Waals surface area contributed by atoms with Crippen LogP contribution in [0.3, 0.4) is 0 Å². The largest absolute Gasteiger partial charge is 0.504 e. The molecule has 1 fully saturated rings. The Kier molecular flexibility index (Phi) is 4.27. The highest BCUT2D eigenvalue weighted by molar-refractivity contribution is 8.18. The molecule has 0 unspecified atom stereocenters. The summed E-state index contributed by atoms with van der Waals surface area (Å²) in [4.78, 5) is 25.6. The molecule has 0 atom stereocenters. The molecular weight excluding hydrogens is 290 g/mol. The molecule has 112 valence electrons.